The van der Waals surface area contributed by atoms with Gasteiger partial charge in [-0.05, 0) is 65.8 Å². The third-order valence-corrected chi connectivity index (χ3v) is 7.31. The highest BCUT2D eigenvalue weighted by Crippen LogP contribution is 2.34. The number of nitrogens with zero attached hydrogens (tertiary/aromatic N) is 2. The van der Waals surface area contributed by atoms with Gasteiger partial charge in [-0.2, -0.15) is 0 Å². The van der Waals surface area contributed by atoms with Crippen molar-refractivity contribution in [3.05, 3.63) is 51.7 Å². The quantitative estimate of drug-likeness (QED) is 0.601. The standard InChI is InChI=1S/C25H32N2O3S/c1-17(2)20-6-8-21(9-7-20)30-16-23-22-11-13-31-24(22)10-12-27(23)25(29)15-26(18(3)28)14-19-4-5-19/h6-9,11,13,17,19,23H,4-5,10,12,14-16H2,1-3H3/t23-/m1/s1. The second-order valence-electron chi connectivity index (χ2n) is 9.03. The molecule has 0 N–H and O–H groups in total. The molecule has 1 aliphatic heterocycles. The topological polar surface area (TPSA) is 49.9 Å². The lowest BCUT2D eigenvalue weighted by molar-refractivity contribution is -0.142. The number of thiophene rings is 1. The minimum atomic E-state index is -0.123. The van der Waals surface area contributed by atoms with Gasteiger partial charge in [0.15, 0.2) is 0 Å². The van der Waals surface area contributed by atoms with Crippen molar-refractivity contribution in [2.45, 2.75) is 52.0 Å². The third kappa shape index (κ3) is 5.29. The van der Waals surface area contributed by atoms with Gasteiger partial charge < -0.3 is 14.5 Å². The van der Waals surface area contributed by atoms with Gasteiger partial charge in [0.05, 0.1) is 12.6 Å². The molecule has 1 aliphatic carbocycles. The Labute approximate surface area is 189 Å². The highest BCUT2D eigenvalue weighted by atomic mass is 32.1. The first kappa shape index (κ1) is 21.9. The van der Waals surface area contributed by atoms with Gasteiger partial charge in [-0.15, -0.1) is 11.3 Å². The normalized spacial score (nSPS) is 18.1. The van der Waals surface area contributed by atoms with Crippen molar-refractivity contribution in [2.24, 2.45) is 5.92 Å². The fraction of sp³-hybridized carbons (Fsp3) is 0.520. The van der Waals surface area contributed by atoms with E-state index in [1.807, 2.05) is 17.0 Å². The van der Waals surface area contributed by atoms with Gasteiger partial charge in [0, 0.05) is 24.9 Å². The van der Waals surface area contributed by atoms with Crippen LogP contribution < -0.4 is 4.74 Å². The molecule has 4 rings (SSSR count). The summed E-state index contributed by atoms with van der Waals surface area (Å²) in [4.78, 5) is 30.3. The van der Waals surface area contributed by atoms with Gasteiger partial charge in [-0.25, -0.2) is 0 Å². The molecule has 2 aromatic rings. The van der Waals surface area contributed by atoms with Crippen molar-refractivity contribution in [1.82, 2.24) is 9.80 Å². The summed E-state index contributed by atoms with van der Waals surface area (Å²) in [6.45, 7) is 7.85. The Morgan fingerprint density at radius 3 is 2.58 bits per heavy atom. The van der Waals surface area contributed by atoms with E-state index in [9.17, 15) is 9.59 Å². The van der Waals surface area contributed by atoms with E-state index in [1.54, 1.807) is 23.2 Å². The lowest BCUT2D eigenvalue weighted by Crippen LogP contribution is -2.47. The van der Waals surface area contributed by atoms with Gasteiger partial charge in [0.1, 0.15) is 12.4 Å². The Balaban J connectivity index is 1.46. The summed E-state index contributed by atoms with van der Waals surface area (Å²) in [6, 6.07) is 10.2. The summed E-state index contributed by atoms with van der Waals surface area (Å²) < 4.78 is 6.14. The summed E-state index contributed by atoms with van der Waals surface area (Å²) in [5.74, 6) is 1.85. The number of carbonyl (C=O) groups excluding carboxylic acids is 2. The Hall–Kier alpha value is -2.34. The summed E-state index contributed by atoms with van der Waals surface area (Å²) in [5.41, 5.74) is 2.46. The van der Waals surface area contributed by atoms with Gasteiger partial charge in [0.2, 0.25) is 11.8 Å². The minimum absolute atomic E-state index is 0.0106. The van der Waals surface area contributed by atoms with Crippen molar-refractivity contribution < 1.29 is 14.3 Å². The first-order chi connectivity index (χ1) is 14.9. The highest BCUT2D eigenvalue weighted by molar-refractivity contribution is 7.10. The maximum absolute atomic E-state index is 13.3. The van der Waals surface area contributed by atoms with E-state index in [1.165, 1.54) is 16.0 Å². The molecule has 0 saturated heterocycles. The van der Waals surface area contributed by atoms with Crippen LogP contribution >= 0.6 is 11.3 Å². The van der Waals surface area contributed by atoms with E-state index in [0.29, 0.717) is 31.5 Å². The molecule has 1 aromatic heterocycles. The molecule has 1 fully saturated rings. The van der Waals surface area contributed by atoms with E-state index in [-0.39, 0.29) is 24.4 Å². The number of hydrogen-bond donors (Lipinski definition) is 0. The van der Waals surface area contributed by atoms with Crippen molar-refractivity contribution in [1.29, 1.82) is 0 Å². The first-order valence-corrected chi connectivity index (χ1v) is 12.1. The lowest BCUT2D eigenvalue weighted by Gasteiger charge is -2.37. The summed E-state index contributed by atoms with van der Waals surface area (Å²) >= 11 is 1.75. The van der Waals surface area contributed by atoms with E-state index in [2.05, 4.69) is 37.4 Å². The van der Waals surface area contributed by atoms with Crippen LogP contribution in [0.3, 0.4) is 0 Å². The van der Waals surface area contributed by atoms with Crippen molar-refractivity contribution in [3.63, 3.8) is 0 Å². The largest absolute Gasteiger partial charge is 0.491 e. The first-order valence-electron chi connectivity index (χ1n) is 11.3. The molecule has 0 unspecified atom stereocenters. The predicted molar refractivity (Wildman–Crippen MR) is 123 cm³/mol. The predicted octanol–water partition coefficient (Wildman–Crippen LogP) is 4.63. The van der Waals surface area contributed by atoms with Crippen LogP contribution in [0.2, 0.25) is 0 Å². The molecule has 2 aliphatic rings. The molecule has 6 heteroatoms. The Bertz CT molecular complexity index is 917. The van der Waals surface area contributed by atoms with Crippen molar-refractivity contribution in [2.75, 3.05) is 26.2 Å². The van der Waals surface area contributed by atoms with Crippen LogP contribution in [0.1, 0.15) is 61.6 Å². The Kier molecular flexibility index (Phi) is 6.65. The minimum Gasteiger partial charge on any atom is -0.491 e. The van der Waals surface area contributed by atoms with Crippen LogP contribution in [0.15, 0.2) is 35.7 Å². The fourth-order valence-corrected chi connectivity index (χ4v) is 5.10. The van der Waals surface area contributed by atoms with Crippen LogP contribution in [-0.4, -0.2) is 47.9 Å². The van der Waals surface area contributed by atoms with Gasteiger partial charge in [0.25, 0.3) is 0 Å². The lowest BCUT2D eigenvalue weighted by atomic mass is 10.00. The molecule has 2 heterocycles. The van der Waals surface area contributed by atoms with Gasteiger partial charge in [-0.3, -0.25) is 9.59 Å². The zero-order chi connectivity index (χ0) is 22.0. The van der Waals surface area contributed by atoms with Crippen molar-refractivity contribution >= 4 is 23.2 Å². The average Bonchev–Trinajstić information content (AvgIpc) is 3.44. The van der Waals surface area contributed by atoms with Gasteiger partial charge >= 0.3 is 0 Å². The Morgan fingerprint density at radius 1 is 1.19 bits per heavy atom. The molecule has 0 spiro atoms. The SMILES string of the molecule is CC(=O)N(CC(=O)N1CCc2sccc2[C@H]1COc1ccc(C(C)C)cc1)CC1CC1. The molecule has 166 valence electrons. The average molecular weight is 441 g/mol. The van der Waals surface area contributed by atoms with E-state index in [4.69, 9.17) is 4.74 Å². The molecule has 1 aromatic carbocycles. The molecule has 1 saturated carbocycles. The molecule has 5 nitrogen and oxygen atoms in total. The zero-order valence-corrected chi connectivity index (χ0v) is 19.5. The van der Waals surface area contributed by atoms with Crippen molar-refractivity contribution in [3.8, 4) is 5.75 Å². The zero-order valence-electron chi connectivity index (χ0n) is 18.7. The molecule has 1 atom stereocenters. The molecule has 0 bridgehead atoms. The molecule has 2 amide bonds. The molecule has 31 heavy (non-hydrogen) atoms. The number of fused-ring (bicyclic) bond motifs is 1. The molecule has 0 radical (unpaired) electrons. The number of carbonyl (C=O) groups is 2. The number of hydrogen-bond acceptors (Lipinski definition) is 4. The van der Waals surface area contributed by atoms with Crippen LogP contribution in [-0.2, 0) is 16.0 Å². The molecular weight excluding hydrogens is 408 g/mol. The fourth-order valence-electron chi connectivity index (χ4n) is 4.17. The summed E-state index contributed by atoms with van der Waals surface area (Å²) in [6.07, 6.45) is 3.18. The van der Waals surface area contributed by atoms with Crippen LogP contribution in [0.5, 0.6) is 5.75 Å². The Morgan fingerprint density at radius 2 is 1.94 bits per heavy atom. The highest BCUT2D eigenvalue weighted by Gasteiger charge is 2.34. The van der Waals surface area contributed by atoms with E-state index >= 15 is 0 Å². The van der Waals surface area contributed by atoms with Crippen LogP contribution in [0.25, 0.3) is 0 Å². The second-order valence-corrected chi connectivity index (χ2v) is 10.0. The summed E-state index contributed by atoms with van der Waals surface area (Å²) in [5, 5.41) is 2.10. The number of amides is 2. The van der Waals surface area contributed by atoms with Crippen LogP contribution in [0.4, 0.5) is 0 Å². The maximum atomic E-state index is 13.3. The smallest absolute Gasteiger partial charge is 0.242 e. The second kappa shape index (κ2) is 9.43. The van der Waals surface area contributed by atoms with Gasteiger partial charge in [-0.1, -0.05) is 26.0 Å². The number of benzene rings is 1. The molecular formula is C25H32N2O3S. The number of ether oxygens (including phenoxy) is 1. The third-order valence-electron chi connectivity index (χ3n) is 6.32. The summed E-state index contributed by atoms with van der Waals surface area (Å²) in [7, 11) is 0. The van der Waals surface area contributed by atoms with E-state index < -0.39 is 0 Å². The van der Waals surface area contributed by atoms with E-state index in [0.717, 1.165) is 25.0 Å². The number of rotatable bonds is 8. The monoisotopic (exact) mass is 440 g/mol. The van der Waals surface area contributed by atoms with Crippen LogP contribution in [0, 0.1) is 5.92 Å². The maximum Gasteiger partial charge on any atom is 0.242 e.